The van der Waals surface area contributed by atoms with Gasteiger partial charge in [0, 0.05) is 18.0 Å². The molecular formula is C14H19N3O2. The van der Waals surface area contributed by atoms with E-state index < -0.39 is 0 Å². The van der Waals surface area contributed by atoms with Gasteiger partial charge in [0.2, 0.25) is 5.89 Å². The SMILES string of the molecule is CCc1nnc(COc2ccc(C)cc2C(C)N)o1. The molecule has 1 unspecified atom stereocenters. The van der Waals surface area contributed by atoms with Crippen LogP contribution in [0.5, 0.6) is 5.75 Å². The van der Waals surface area contributed by atoms with Crippen LogP contribution in [0, 0.1) is 6.92 Å². The quantitative estimate of drug-likeness (QED) is 0.895. The Balaban J connectivity index is 2.10. The van der Waals surface area contributed by atoms with Gasteiger partial charge in [-0.3, -0.25) is 0 Å². The molecule has 1 aromatic carbocycles. The fraction of sp³-hybridized carbons (Fsp3) is 0.429. The lowest BCUT2D eigenvalue weighted by atomic mass is 10.1. The summed E-state index contributed by atoms with van der Waals surface area (Å²) in [6.07, 6.45) is 0.725. The van der Waals surface area contributed by atoms with E-state index in [9.17, 15) is 0 Å². The topological polar surface area (TPSA) is 74.2 Å². The zero-order chi connectivity index (χ0) is 13.8. The standard InChI is InChI=1S/C14H19N3O2/c1-4-13-16-17-14(19-13)8-18-12-6-5-9(2)7-11(12)10(3)15/h5-7,10H,4,8,15H2,1-3H3. The Hall–Kier alpha value is -1.88. The Kier molecular flexibility index (Phi) is 4.16. The van der Waals surface area contributed by atoms with Crippen molar-refractivity contribution in [2.24, 2.45) is 5.73 Å². The van der Waals surface area contributed by atoms with Crippen molar-refractivity contribution in [3.63, 3.8) is 0 Å². The third kappa shape index (κ3) is 3.32. The molecule has 0 aliphatic carbocycles. The number of rotatable bonds is 5. The highest BCUT2D eigenvalue weighted by atomic mass is 16.5. The maximum absolute atomic E-state index is 5.95. The van der Waals surface area contributed by atoms with Crippen LogP contribution in [0.1, 0.15) is 42.8 Å². The van der Waals surface area contributed by atoms with Gasteiger partial charge in [0.05, 0.1) is 0 Å². The molecule has 1 atom stereocenters. The molecule has 19 heavy (non-hydrogen) atoms. The van der Waals surface area contributed by atoms with Crippen LogP contribution in [0.4, 0.5) is 0 Å². The zero-order valence-electron chi connectivity index (χ0n) is 11.5. The number of aromatic nitrogens is 2. The second-order valence-electron chi connectivity index (χ2n) is 4.56. The fourth-order valence-electron chi connectivity index (χ4n) is 1.78. The molecule has 0 bridgehead atoms. The van der Waals surface area contributed by atoms with Gasteiger partial charge in [-0.05, 0) is 19.9 Å². The van der Waals surface area contributed by atoms with Crippen LogP contribution in [0.25, 0.3) is 0 Å². The third-order valence-corrected chi connectivity index (χ3v) is 2.82. The summed E-state index contributed by atoms with van der Waals surface area (Å²) in [4.78, 5) is 0. The van der Waals surface area contributed by atoms with Crippen LogP contribution < -0.4 is 10.5 Å². The Bertz CT molecular complexity index is 549. The van der Waals surface area contributed by atoms with Gasteiger partial charge in [0.15, 0.2) is 6.61 Å². The molecule has 1 heterocycles. The molecule has 0 fully saturated rings. The first-order valence-corrected chi connectivity index (χ1v) is 6.40. The van der Waals surface area contributed by atoms with Crippen molar-refractivity contribution in [3.8, 4) is 5.75 Å². The van der Waals surface area contributed by atoms with E-state index in [0.29, 0.717) is 11.8 Å². The highest BCUT2D eigenvalue weighted by Crippen LogP contribution is 2.25. The van der Waals surface area contributed by atoms with E-state index >= 15 is 0 Å². The van der Waals surface area contributed by atoms with Crippen molar-refractivity contribution in [3.05, 3.63) is 41.1 Å². The Labute approximate surface area is 112 Å². The summed E-state index contributed by atoms with van der Waals surface area (Å²) in [5.74, 6) is 1.86. The maximum atomic E-state index is 5.95. The summed E-state index contributed by atoms with van der Waals surface area (Å²) in [7, 11) is 0. The van der Waals surface area contributed by atoms with Gasteiger partial charge < -0.3 is 14.9 Å². The molecule has 0 saturated carbocycles. The largest absolute Gasteiger partial charge is 0.483 e. The van der Waals surface area contributed by atoms with E-state index in [1.54, 1.807) is 0 Å². The molecule has 2 N–H and O–H groups in total. The smallest absolute Gasteiger partial charge is 0.253 e. The molecule has 0 spiro atoms. The Morgan fingerprint density at radius 1 is 1.32 bits per heavy atom. The van der Waals surface area contributed by atoms with Crippen LogP contribution in [0.2, 0.25) is 0 Å². The monoisotopic (exact) mass is 261 g/mol. The van der Waals surface area contributed by atoms with Crippen molar-refractivity contribution in [2.45, 2.75) is 39.8 Å². The minimum atomic E-state index is -0.0798. The molecule has 0 aliphatic heterocycles. The fourth-order valence-corrected chi connectivity index (χ4v) is 1.78. The van der Waals surface area contributed by atoms with E-state index in [1.165, 1.54) is 0 Å². The van der Waals surface area contributed by atoms with Gasteiger partial charge in [-0.25, -0.2) is 0 Å². The summed E-state index contributed by atoms with van der Waals surface area (Å²) in [5, 5.41) is 7.82. The van der Waals surface area contributed by atoms with Gasteiger partial charge in [0.1, 0.15) is 5.75 Å². The van der Waals surface area contributed by atoms with Gasteiger partial charge >= 0.3 is 0 Å². The molecule has 2 aromatic rings. The molecule has 102 valence electrons. The van der Waals surface area contributed by atoms with Gasteiger partial charge in [-0.15, -0.1) is 10.2 Å². The summed E-state index contributed by atoms with van der Waals surface area (Å²) in [6.45, 7) is 6.19. The second-order valence-corrected chi connectivity index (χ2v) is 4.56. The summed E-state index contributed by atoms with van der Waals surface area (Å²) in [6, 6.07) is 5.87. The molecule has 5 heteroatoms. The van der Waals surface area contributed by atoms with E-state index in [1.807, 2.05) is 39.0 Å². The molecule has 0 amide bonds. The number of benzene rings is 1. The lowest BCUT2D eigenvalue weighted by molar-refractivity contribution is 0.256. The second kappa shape index (κ2) is 5.84. The average molecular weight is 261 g/mol. The van der Waals surface area contributed by atoms with E-state index in [4.69, 9.17) is 14.9 Å². The lowest BCUT2D eigenvalue weighted by Crippen LogP contribution is -2.08. The van der Waals surface area contributed by atoms with Crippen molar-refractivity contribution >= 4 is 0 Å². The van der Waals surface area contributed by atoms with Gasteiger partial charge in [-0.2, -0.15) is 0 Å². The normalized spacial score (nSPS) is 12.4. The summed E-state index contributed by atoms with van der Waals surface area (Å²) < 4.78 is 11.1. The minimum absolute atomic E-state index is 0.0798. The van der Waals surface area contributed by atoms with Crippen molar-refractivity contribution in [1.82, 2.24) is 10.2 Å². The first kappa shape index (κ1) is 13.5. The number of nitrogens with zero attached hydrogens (tertiary/aromatic N) is 2. The highest BCUT2D eigenvalue weighted by molar-refractivity contribution is 5.38. The molecular weight excluding hydrogens is 242 g/mol. The van der Waals surface area contributed by atoms with Gasteiger partial charge in [0.25, 0.3) is 5.89 Å². The molecule has 0 radical (unpaired) electrons. The first-order chi connectivity index (χ1) is 9.10. The number of ether oxygens (including phenoxy) is 1. The predicted octanol–water partition coefficient (Wildman–Crippen LogP) is 2.54. The number of hydrogen-bond acceptors (Lipinski definition) is 5. The van der Waals surface area contributed by atoms with Crippen LogP contribution in [-0.4, -0.2) is 10.2 Å². The number of nitrogens with two attached hydrogens (primary N) is 1. The van der Waals surface area contributed by atoms with Crippen LogP contribution in [0.15, 0.2) is 22.6 Å². The van der Waals surface area contributed by atoms with E-state index in [2.05, 4.69) is 10.2 Å². The first-order valence-electron chi connectivity index (χ1n) is 6.40. The summed E-state index contributed by atoms with van der Waals surface area (Å²) >= 11 is 0. The van der Waals surface area contributed by atoms with Crippen molar-refractivity contribution in [2.75, 3.05) is 0 Å². The minimum Gasteiger partial charge on any atom is -0.483 e. The van der Waals surface area contributed by atoms with Gasteiger partial charge in [-0.1, -0.05) is 24.6 Å². The van der Waals surface area contributed by atoms with Crippen molar-refractivity contribution < 1.29 is 9.15 Å². The Morgan fingerprint density at radius 2 is 2.05 bits per heavy atom. The number of aryl methyl sites for hydroxylation is 2. The average Bonchev–Trinajstić information content (AvgIpc) is 2.85. The molecule has 0 saturated heterocycles. The van der Waals surface area contributed by atoms with Crippen molar-refractivity contribution in [1.29, 1.82) is 0 Å². The molecule has 2 rings (SSSR count). The zero-order valence-corrected chi connectivity index (χ0v) is 11.5. The molecule has 5 nitrogen and oxygen atoms in total. The van der Waals surface area contributed by atoms with E-state index in [-0.39, 0.29) is 12.6 Å². The third-order valence-electron chi connectivity index (χ3n) is 2.82. The molecule has 1 aromatic heterocycles. The predicted molar refractivity (Wildman–Crippen MR) is 71.8 cm³/mol. The number of hydrogen-bond donors (Lipinski definition) is 1. The summed E-state index contributed by atoms with van der Waals surface area (Å²) in [5.41, 5.74) is 8.09. The maximum Gasteiger partial charge on any atom is 0.253 e. The highest BCUT2D eigenvalue weighted by Gasteiger charge is 2.10. The molecule has 0 aliphatic rings. The Morgan fingerprint density at radius 3 is 2.68 bits per heavy atom. The van der Waals surface area contributed by atoms with E-state index in [0.717, 1.165) is 23.3 Å². The van der Waals surface area contributed by atoms with Crippen LogP contribution >= 0.6 is 0 Å². The van der Waals surface area contributed by atoms with Crippen LogP contribution in [-0.2, 0) is 13.0 Å². The lowest BCUT2D eigenvalue weighted by Gasteiger charge is -2.13. The van der Waals surface area contributed by atoms with Crippen LogP contribution in [0.3, 0.4) is 0 Å².